The largest absolute Gasteiger partial charge is 0.493 e. The van der Waals surface area contributed by atoms with E-state index in [4.69, 9.17) is 37.4 Å². The van der Waals surface area contributed by atoms with Crippen LogP contribution in [0, 0.1) is 0 Å². The van der Waals surface area contributed by atoms with Crippen molar-refractivity contribution in [3.05, 3.63) is 57.6 Å². The lowest BCUT2D eigenvalue weighted by atomic mass is 10.1. The van der Waals surface area contributed by atoms with Gasteiger partial charge in [-0.15, -0.1) is 0 Å². The third-order valence-electron chi connectivity index (χ3n) is 3.78. The monoisotopic (exact) mass is 439 g/mol. The number of rotatable bonds is 9. The predicted octanol–water partition coefficient (Wildman–Crippen LogP) is 4.30. The number of methoxy groups -OCH3 is 1. The SMILES string of the molecule is COc1cc(C(=O)OCC(=O)NCCc2cccc(Cl)c2)cc(Cl)c1OC(C)C. The minimum atomic E-state index is -0.689. The van der Waals surface area contributed by atoms with E-state index in [2.05, 4.69) is 5.32 Å². The first-order chi connectivity index (χ1) is 13.8. The fourth-order valence-electron chi connectivity index (χ4n) is 2.49. The van der Waals surface area contributed by atoms with Crippen LogP contribution in [0.5, 0.6) is 11.5 Å². The maximum atomic E-state index is 12.3. The summed E-state index contributed by atoms with van der Waals surface area (Å²) < 4.78 is 15.9. The topological polar surface area (TPSA) is 73.9 Å². The Hall–Kier alpha value is -2.44. The molecule has 0 heterocycles. The summed E-state index contributed by atoms with van der Waals surface area (Å²) in [5, 5.41) is 3.55. The number of ether oxygens (including phenoxy) is 3. The highest BCUT2D eigenvalue weighted by Crippen LogP contribution is 2.37. The molecule has 2 aromatic rings. The molecule has 2 aromatic carbocycles. The molecule has 156 valence electrons. The summed E-state index contributed by atoms with van der Waals surface area (Å²) >= 11 is 12.1. The third kappa shape index (κ3) is 7.15. The highest BCUT2D eigenvalue weighted by molar-refractivity contribution is 6.32. The summed E-state index contributed by atoms with van der Waals surface area (Å²) in [6.45, 7) is 3.70. The third-order valence-corrected chi connectivity index (χ3v) is 4.29. The van der Waals surface area contributed by atoms with E-state index in [0.717, 1.165) is 5.56 Å². The summed E-state index contributed by atoms with van der Waals surface area (Å²) in [4.78, 5) is 24.2. The maximum absolute atomic E-state index is 12.3. The molecule has 0 saturated heterocycles. The maximum Gasteiger partial charge on any atom is 0.338 e. The number of benzene rings is 2. The molecule has 29 heavy (non-hydrogen) atoms. The Morgan fingerprint density at radius 3 is 2.55 bits per heavy atom. The molecule has 0 aromatic heterocycles. The number of carbonyl (C=O) groups excluding carboxylic acids is 2. The molecule has 8 heteroatoms. The van der Waals surface area contributed by atoms with Gasteiger partial charge in [0.25, 0.3) is 5.91 Å². The molecule has 1 N–H and O–H groups in total. The van der Waals surface area contributed by atoms with Gasteiger partial charge in [0.15, 0.2) is 18.1 Å². The van der Waals surface area contributed by atoms with Crippen LogP contribution in [-0.2, 0) is 16.0 Å². The fourth-order valence-corrected chi connectivity index (χ4v) is 2.96. The predicted molar refractivity (Wildman–Crippen MR) is 112 cm³/mol. The van der Waals surface area contributed by atoms with Crippen molar-refractivity contribution in [3.8, 4) is 11.5 Å². The first kappa shape index (κ1) is 22.8. The number of hydrogen-bond donors (Lipinski definition) is 1. The Morgan fingerprint density at radius 2 is 1.90 bits per heavy atom. The number of nitrogens with one attached hydrogen (secondary N) is 1. The lowest BCUT2D eigenvalue weighted by molar-refractivity contribution is -0.124. The molecule has 0 aliphatic carbocycles. The molecule has 0 bridgehead atoms. The molecule has 0 aliphatic rings. The van der Waals surface area contributed by atoms with Crippen molar-refractivity contribution in [2.24, 2.45) is 0 Å². The molecule has 2 rings (SSSR count). The Morgan fingerprint density at radius 1 is 1.14 bits per heavy atom. The fraction of sp³-hybridized carbons (Fsp3) is 0.333. The van der Waals surface area contributed by atoms with Gasteiger partial charge in [-0.2, -0.15) is 0 Å². The zero-order valence-electron chi connectivity index (χ0n) is 16.5. The second-order valence-corrected chi connectivity index (χ2v) is 7.31. The molecule has 0 saturated carbocycles. The minimum absolute atomic E-state index is 0.116. The standard InChI is InChI=1S/C21H23Cl2NO5/c1-13(2)29-20-17(23)10-15(11-18(20)27-3)21(26)28-12-19(25)24-8-7-14-5-4-6-16(22)9-14/h4-6,9-11,13H,7-8,12H2,1-3H3,(H,24,25). The van der Waals surface area contributed by atoms with Crippen molar-refractivity contribution < 1.29 is 23.8 Å². The van der Waals surface area contributed by atoms with Crippen molar-refractivity contribution in [2.45, 2.75) is 26.4 Å². The zero-order valence-corrected chi connectivity index (χ0v) is 18.0. The van der Waals surface area contributed by atoms with Crippen LogP contribution in [0.25, 0.3) is 0 Å². The van der Waals surface area contributed by atoms with E-state index in [1.807, 2.05) is 32.0 Å². The molecule has 0 fully saturated rings. The molecular formula is C21H23Cl2NO5. The highest BCUT2D eigenvalue weighted by atomic mass is 35.5. The summed E-state index contributed by atoms with van der Waals surface area (Å²) in [6, 6.07) is 10.3. The number of amides is 1. The van der Waals surface area contributed by atoms with E-state index in [1.54, 1.807) is 6.07 Å². The summed E-state index contributed by atoms with van der Waals surface area (Å²) in [5.74, 6) is -0.437. The van der Waals surface area contributed by atoms with Crippen LogP contribution in [0.1, 0.15) is 29.8 Å². The average Bonchev–Trinajstić information content (AvgIpc) is 2.67. The quantitative estimate of drug-likeness (QED) is 0.589. The highest BCUT2D eigenvalue weighted by Gasteiger charge is 2.18. The molecular weight excluding hydrogens is 417 g/mol. The average molecular weight is 440 g/mol. The van der Waals surface area contributed by atoms with E-state index < -0.39 is 18.5 Å². The van der Waals surface area contributed by atoms with Gasteiger partial charge in [-0.3, -0.25) is 4.79 Å². The summed E-state index contributed by atoms with van der Waals surface area (Å²) in [5.41, 5.74) is 1.16. The second-order valence-electron chi connectivity index (χ2n) is 6.46. The number of hydrogen-bond acceptors (Lipinski definition) is 5. The zero-order chi connectivity index (χ0) is 21.4. The Bertz CT molecular complexity index is 870. The van der Waals surface area contributed by atoms with E-state index in [1.165, 1.54) is 19.2 Å². The number of esters is 1. The van der Waals surface area contributed by atoms with Crippen molar-refractivity contribution >= 4 is 35.1 Å². The van der Waals surface area contributed by atoms with E-state index >= 15 is 0 Å². The van der Waals surface area contributed by atoms with E-state index in [0.29, 0.717) is 29.5 Å². The number of carbonyl (C=O) groups is 2. The van der Waals surface area contributed by atoms with Gasteiger partial charge in [-0.05, 0) is 50.1 Å². The first-order valence-corrected chi connectivity index (χ1v) is 9.78. The van der Waals surface area contributed by atoms with Gasteiger partial charge in [0, 0.05) is 11.6 Å². The van der Waals surface area contributed by atoms with Crippen LogP contribution in [0.3, 0.4) is 0 Å². The molecule has 0 atom stereocenters. The Kier molecular flexibility index (Phi) is 8.61. The molecule has 0 aliphatic heterocycles. The molecule has 1 amide bonds. The van der Waals surface area contributed by atoms with Crippen LogP contribution in [0.15, 0.2) is 36.4 Å². The summed E-state index contributed by atoms with van der Waals surface area (Å²) in [6.07, 6.45) is 0.500. The van der Waals surface area contributed by atoms with Crippen LogP contribution in [0.2, 0.25) is 10.0 Å². The van der Waals surface area contributed by atoms with Gasteiger partial charge < -0.3 is 19.5 Å². The van der Waals surface area contributed by atoms with Gasteiger partial charge in [-0.1, -0.05) is 35.3 Å². The van der Waals surface area contributed by atoms with Gasteiger partial charge in [-0.25, -0.2) is 4.79 Å². The second kappa shape index (κ2) is 10.9. The van der Waals surface area contributed by atoms with E-state index in [-0.39, 0.29) is 16.7 Å². The van der Waals surface area contributed by atoms with Crippen molar-refractivity contribution in [1.29, 1.82) is 0 Å². The molecule has 0 radical (unpaired) electrons. The van der Waals surface area contributed by atoms with E-state index in [9.17, 15) is 9.59 Å². The minimum Gasteiger partial charge on any atom is -0.493 e. The van der Waals surface area contributed by atoms with Crippen molar-refractivity contribution in [1.82, 2.24) is 5.32 Å². The summed E-state index contributed by atoms with van der Waals surface area (Å²) in [7, 11) is 1.45. The van der Waals surface area contributed by atoms with Gasteiger partial charge in [0.1, 0.15) is 0 Å². The molecule has 6 nitrogen and oxygen atoms in total. The smallest absolute Gasteiger partial charge is 0.338 e. The molecule has 0 unspecified atom stereocenters. The first-order valence-electron chi connectivity index (χ1n) is 9.02. The van der Waals surface area contributed by atoms with Crippen LogP contribution >= 0.6 is 23.2 Å². The van der Waals surface area contributed by atoms with Crippen molar-refractivity contribution in [3.63, 3.8) is 0 Å². The van der Waals surface area contributed by atoms with Gasteiger partial charge in [0.05, 0.1) is 23.8 Å². The normalized spacial score (nSPS) is 10.6. The van der Waals surface area contributed by atoms with Crippen LogP contribution < -0.4 is 14.8 Å². The van der Waals surface area contributed by atoms with Crippen molar-refractivity contribution in [2.75, 3.05) is 20.3 Å². The van der Waals surface area contributed by atoms with Gasteiger partial charge >= 0.3 is 5.97 Å². The Labute approximate surface area is 180 Å². The van der Waals surface area contributed by atoms with Gasteiger partial charge in [0.2, 0.25) is 0 Å². The lowest BCUT2D eigenvalue weighted by Crippen LogP contribution is -2.30. The van der Waals surface area contributed by atoms with Crippen LogP contribution in [0.4, 0.5) is 0 Å². The lowest BCUT2D eigenvalue weighted by Gasteiger charge is -2.16. The number of halogens is 2. The Balaban J connectivity index is 1.88. The molecule has 0 spiro atoms. The van der Waals surface area contributed by atoms with Crippen LogP contribution in [-0.4, -0.2) is 38.2 Å².